The van der Waals surface area contributed by atoms with Gasteiger partial charge in [0.05, 0.1) is 25.0 Å². The maximum Gasteiger partial charge on any atom is 0.311 e. The fourth-order valence-corrected chi connectivity index (χ4v) is 4.03. The largest absolute Gasteiger partial charge is 0.469 e. The van der Waals surface area contributed by atoms with Crippen LogP contribution in [0, 0.1) is 0 Å². The maximum atomic E-state index is 12.0. The highest BCUT2D eigenvalue weighted by molar-refractivity contribution is 8.01. The Morgan fingerprint density at radius 1 is 1.38 bits per heavy atom. The van der Waals surface area contributed by atoms with Crippen molar-refractivity contribution in [3.05, 3.63) is 11.1 Å². The lowest BCUT2D eigenvalue weighted by Gasteiger charge is -1.99. The number of hydrogen-bond acceptors (Lipinski definition) is 10. The number of aromatic nitrogens is 3. The fourth-order valence-electron chi connectivity index (χ4n) is 1.68. The van der Waals surface area contributed by atoms with Crippen LogP contribution < -0.4 is 10.6 Å². The summed E-state index contributed by atoms with van der Waals surface area (Å²) < 4.78 is 5.33. The monoisotopic (exact) mass is 385 g/mol. The summed E-state index contributed by atoms with van der Waals surface area (Å²) in [5.74, 6) is -0.309. The van der Waals surface area contributed by atoms with Gasteiger partial charge in [0.15, 0.2) is 9.47 Å². The third-order valence-electron chi connectivity index (χ3n) is 2.99. The van der Waals surface area contributed by atoms with Crippen molar-refractivity contribution in [1.82, 2.24) is 15.2 Å². The van der Waals surface area contributed by atoms with E-state index in [-0.39, 0.29) is 24.1 Å². The Labute approximate surface area is 150 Å². The molecule has 2 aromatic heterocycles. The van der Waals surface area contributed by atoms with Gasteiger partial charge in [0, 0.05) is 11.4 Å². The van der Waals surface area contributed by atoms with Crippen LogP contribution in [0.5, 0.6) is 0 Å². The van der Waals surface area contributed by atoms with E-state index in [1.165, 1.54) is 54.4 Å². The van der Waals surface area contributed by atoms with Gasteiger partial charge in [0.2, 0.25) is 11.0 Å². The molecule has 24 heavy (non-hydrogen) atoms. The molecule has 2 heterocycles. The molecule has 1 fully saturated rings. The maximum absolute atomic E-state index is 12.0. The number of ether oxygens (including phenoxy) is 1. The topological polar surface area (TPSA) is 106 Å². The normalized spacial score (nSPS) is 13.5. The Morgan fingerprint density at radius 2 is 2.21 bits per heavy atom. The standard InChI is InChI=1S/C13H15N5O3S3/c1-21-10(20)4-8-5-22-11(15-8)16-9(19)6-23-13-18-17-12(24-13)14-7-2-3-7/h5,7H,2-4,6H2,1H3,(H,14,17)(H,15,16,19). The van der Waals surface area contributed by atoms with Crippen LogP contribution >= 0.6 is 34.4 Å². The molecule has 3 rings (SSSR count). The van der Waals surface area contributed by atoms with Gasteiger partial charge in [-0.05, 0) is 12.8 Å². The highest BCUT2D eigenvalue weighted by atomic mass is 32.2. The van der Waals surface area contributed by atoms with Crippen molar-refractivity contribution in [1.29, 1.82) is 0 Å². The first-order valence-electron chi connectivity index (χ1n) is 7.16. The fraction of sp³-hybridized carbons (Fsp3) is 0.462. The number of esters is 1. The summed E-state index contributed by atoms with van der Waals surface area (Å²) in [5.41, 5.74) is 0.578. The van der Waals surface area contributed by atoms with Gasteiger partial charge in [-0.25, -0.2) is 4.98 Å². The number of nitrogens with zero attached hydrogens (tertiary/aromatic N) is 3. The summed E-state index contributed by atoms with van der Waals surface area (Å²) in [5, 5.41) is 17.1. The quantitative estimate of drug-likeness (QED) is 0.525. The summed E-state index contributed by atoms with van der Waals surface area (Å²) in [6.45, 7) is 0. The van der Waals surface area contributed by atoms with Gasteiger partial charge in [-0.15, -0.1) is 21.5 Å². The number of nitrogens with one attached hydrogen (secondary N) is 2. The summed E-state index contributed by atoms with van der Waals surface area (Å²) >= 11 is 4.06. The van der Waals surface area contributed by atoms with Gasteiger partial charge >= 0.3 is 5.97 Å². The molecular weight excluding hydrogens is 370 g/mol. The van der Waals surface area contributed by atoms with E-state index in [0.717, 1.165) is 9.47 Å². The van der Waals surface area contributed by atoms with E-state index in [9.17, 15) is 9.59 Å². The molecule has 11 heteroatoms. The SMILES string of the molecule is COC(=O)Cc1csc(NC(=O)CSc2nnc(NC3CC3)s2)n1. The number of carbonyl (C=O) groups excluding carboxylic acids is 2. The number of rotatable bonds is 8. The van der Waals surface area contributed by atoms with Crippen molar-refractivity contribution >= 4 is 56.6 Å². The molecule has 1 aliphatic rings. The lowest BCUT2D eigenvalue weighted by molar-refractivity contribution is -0.139. The number of methoxy groups -OCH3 is 1. The van der Waals surface area contributed by atoms with E-state index in [1.54, 1.807) is 5.38 Å². The van der Waals surface area contributed by atoms with Gasteiger partial charge in [-0.1, -0.05) is 23.1 Å². The van der Waals surface area contributed by atoms with E-state index in [4.69, 9.17) is 0 Å². The predicted molar refractivity (Wildman–Crippen MR) is 93.7 cm³/mol. The minimum Gasteiger partial charge on any atom is -0.469 e. The molecule has 0 saturated heterocycles. The predicted octanol–water partition coefficient (Wildman–Crippen LogP) is 2.02. The van der Waals surface area contributed by atoms with Crippen LogP contribution in [-0.4, -0.2) is 46.0 Å². The Morgan fingerprint density at radius 3 is 2.96 bits per heavy atom. The van der Waals surface area contributed by atoms with Gasteiger partial charge < -0.3 is 15.4 Å². The summed E-state index contributed by atoms with van der Waals surface area (Å²) in [6, 6.07) is 0.531. The molecule has 0 radical (unpaired) electrons. The van der Waals surface area contributed by atoms with E-state index in [1.807, 2.05) is 0 Å². The molecule has 0 spiro atoms. The molecule has 0 bridgehead atoms. The highest BCUT2D eigenvalue weighted by Crippen LogP contribution is 2.30. The van der Waals surface area contributed by atoms with Crippen molar-refractivity contribution in [2.24, 2.45) is 0 Å². The number of anilines is 2. The smallest absolute Gasteiger partial charge is 0.311 e. The second-order valence-corrected chi connectivity index (χ2v) is 8.08. The average molecular weight is 385 g/mol. The van der Waals surface area contributed by atoms with Crippen LogP contribution in [0.15, 0.2) is 9.72 Å². The Bertz CT molecular complexity index is 728. The molecule has 8 nitrogen and oxygen atoms in total. The van der Waals surface area contributed by atoms with Crippen LogP contribution in [-0.2, 0) is 20.7 Å². The number of amides is 1. The first kappa shape index (κ1) is 17.1. The molecule has 0 aliphatic heterocycles. The molecule has 1 amide bonds. The second-order valence-electron chi connectivity index (χ2n) is 5.03. The van der Waals surface area contributed by atoms with Crippen LogP contribution in [0.2, 0.25) is 0 Å². The Balaban J connectivity index is 1.43. The van der Waals surface area contributed by atoms with Crippen molar-refractivity contribution in [3.8, 4) is 0 Å². The number of hydrogen-bond donors (Lipinski definition) is 2. The molecule has 1 aliphatic carbocycles. The molecule has 1 saturated carbocycles. The zero-order valence-corrected chi connectivity index (χ0v) is 15.2. The molecular formula is C13H15N5O3S3. The van der Waals surface area contributed by atoms with Crippen LogP contribution in [0.25, 0.3) is 0 Å². The summed E-state index contributed by atoms with van der Waals surface area (Å²) in [7, 11) is 1.33. The number of thioether (sulfide) groups is 1. The first-order valence-corrected chi connectivity index (χ1v) is 9.84. The lowest BCUT2D eigenvalue weighted by Crippen LogP contribution is -2.14. The van der Waals surface area contributed by atoms with Crippen molar-refractivity contribution in [2.45, 2.75) is 29.6 Å². The molecule has 0 unspecified atom stereocenters. The number of carbonyl (C=O) groups is 2. The van der Waals surface area contributed by atoms with Crippen molar-refractivity contribution < 1.29 is 14.3 Å². The van der Waals surface area contributed by atoms with E-state index < -0.39 is 0 Å². The average Bonchev–Trinajstić information content (AvgIpc) is 3.08. The molecule has 2 aromatic rings. The molecule has 0 aromatic carbocycles. The van der Waals surface area contributed by atoms with Crippen molar-refractivity contribution in [2.75, 3.05) is 23.5 Å². The summed E-state index contributed by atoms with van der Waals surface area (Å²) in [4.78, 5) is 27.3. The number of thiazole rings is 1. The van der Waals surface area contributed by atoms with Crippen molar-refractivity contribution in [3.63, 3.8) is 0 Å². The molecule has 0 atom stereocenters. The van der Waals surface area contributed by atoms with Crippen LogP contribution in [0.3, 0.4) is 0 Å². The van der Waals surface area contributed by atoms with Gasteiger partial charge in [-0.3, -0.25) is 9.59 Å². The summed E-state index contributed by atoms with van der Waals surface area (Å²) in [6.07, 6.45) is 2.45. The minimum absolute atomic E-state index is 0.0964. The minimum atomic E-state index is -0.361. The Hall–Kier alpha value is -1.72. The third-order valence-corrected chi connectivity index (χ3v) is 5.78. The Kier molecular flexibility index (Phi) is 5.63. The van der Waals surface area contributed by atoms with Crippen LogP contribution in [0.1, 0.15) is 18.5 Å². The molecule has 2 N–H and O–H groups in total. The molecule has 128 valence electrons. The second kappa shape index (κ2) is 7.90. The van der Waals surface area contributed by atoms with E-state index in [0.29, 0.717) is 16.9 Å². The lowest BCUT2D eigenvalue weighted by atomic mass is 10.3. The zero-order chi connectivity index (χ0) is 16.9. The van der Waals surface area contributed by atoms with Crippen LogP contribution in [0.4, 0.5) is 10.3 Å². The third kappa shape index (κ3) is 5.14. The highest BCUT2D eigenvalue weighted by Gasteiger charge is 2.22. The van der Waals surface area contributed by atoms with E-state index >= 15 is 0 Å². The van der Waals surface area contributed by atoms with Gasteiger partial charge in [0.1, 0.15) is 0 Å². The zero-order valence-electron chi connectivity index (χ0n) is 12.8. The first-order chi connectivity index (χ1) is 11.6. The van der Waals surface area contributed by atoms with Gasteiger partial charge in [0.25, 0.3) is 0 Å². The van der Waals surface area contributed by atoms with E-state index in [2.05, 4.69) is 30.6 Å². The van der Waals surface area contributed by atoms with Gasteiger partial charge in [-0.2, -0.15) is 0 Å².